The number of para-hydroxylation sites is 1. The first-order valence-corrected chi connectivity index (χ1v) is 5.40. The van der Waals surface area contributed by atoms with E-state index in [9.17, 15) is 4.79 Å². The Balaban J connectivity index is 2.25. The van der Waals surface area contributed by atoms with Crippen LogP contribution in [0.4, 0.5) is 11.4 Å². The number of aryl methyl sites for hydroxylation is 1. The van der Waals surface area contributed by atoms with Crippen LogP contribution < -0.4 is 11.1 Å². The number of nitrogens with two attached hydrogens (primary N) is 1. The summed E-state index contributed by atoms with van der Waals surface area (Å²) in [5.74, 6) is -0.147. The molecule has 0 aliphatic rings. The molecule has 0 saturated carbocycles. The minimum atomic E-state index is -0.147. The van der Waals surface area contributed by atoms with Gasteiger partial charge in [-0.05, 0) is 30.7 Å². The second-order valence-electron chi connectivity index (χ2n) is 3.86. The zero-order valence-electron chi connectivity index (χ0n) is 9.60. The number of nitrogen functional groups attached to an aromatic ring is 1. The minimum Gasteiger partial charge on any atom is -0.397 e. The summed E-state index contributed by atoms with van der Waals surface area (Å²) in [5, 5.41) is 2.83. The molecule has 0 unspecified atom stereocenters. The average Bonchev–Trinajstić information content (AvgIpc) is 2.35. The molecule has 2 aromatic carbocycles. The summed E-state index contributed by atoms with van der Waals surface area (Å²) in [4.78, 5) is 12.0. The number of nitrogens with one attached hydrogen (secondary N) is 1. The quantitative estimate of drug-likeness (QED) is 0.773. The summed E-state index contributed by atoms with van der Waals surface area (Å²) >= 11 is 0. The Kier molecular flexibility index (Phi) is 3.10. The van der Waals surface area contributed by atoms with E-state index in [1.165, 1.54) is 0 Å². The average molecular weight is 226 g/mol. The molecule has 0 radical (unpaired) electrons. The van der Waals surface area contributed by atoms with Crippen LogP contribution in [0.25, 0.3) is 0 Å². The number of hydrogen-bond acceptors (Lipinski definition) is 2. The van der Waals surface area contributed by atoms with E-state index in [0.717, 1.165) is 5.56 Å². The van der Waals surface area contributed by atoms with Crippen LogP contribution >= 0.6 is 0 Å². The second-order valence-corrected chi connectivity index (χ2v) is 3.86. The van der Waals surface area contributed by atoms with Gasteiger partial charge in [-0.3, -0.25) is 4.79 Å². The van der Waals surface area contributed by atoms with Gasteiger partial charge in [-0.25, -0.2) is 0 Å². The van der Waals surface area contributed by atoms with Crippen molar-refractivity contribution in [3.05, 3.63) is 59.7 Å². The molecule has 0 bridgehead atoms. The molecule has 0 spiro atoms. The molecular formula is C14H14N2O. The predicted octanol–water partition coefficient (Wildman–Crippen LogP) is 2.83. The molecule has 0 aliphatic carbocycles. The van der Waals surface area contributed by atoms with E-state index >= 15 is 0 Å². The highest BCUT2D eigenvalue weighted by atomic mass is 16.1. The van der Waals surface area contributed by atoms with Crippen LogP contribution in [0, 0.1) is 6.92 Å². The van der Waals surface area contributed by atoms with Crippen molar-refractivity contribution in [1.29, 1.82) is 0 Å². The van der Waals surface area contributed by atoms with E-state index in [1.54, 1.807) is 18.2 Å². The van der Waals surface area contributed by atoms with Crippen molar-refractivity contribution in [1.82, 2.24) is 0 Å². The van der Waals surface area contributed by atoms with Crippen molar-refractivity contribution in [2.75, 3.05) is 11.1 Å². The first-order chi connectivity index (χ1) is 8.18. The van der Waals surface area contributed by atoms with E-state index in [0.29, 0.717) is 16.9 Å². The molecule has 3 N–H and O–H groups in total. The maximum atomic E-state index is 12.0. The van der Waals surface area contributed by atoms with Gasteiger partial charge in [0.15, 0.2) is 0 Å². The zero-order valence-corrected chi connectivity index (χ0v) is 9.60. The largest absolute Gasteiger partial charge is 0.397 e. The van der Waals surface area contributed by atoms with Gasteiger partial charge in [-0.1, -0.05) is 30.3 Å². The lowest BCUT2D eigenvalue weighted by molar-refractivity contribution is 0.102. The van der Waals surface area contributed by atoms with Gasteiger partial charge < -0.3 is 11.1 Å². The standard InChI is InChI=1S/C14H14N2O/c1-10-6-5-9-12(15)13(10)16-14(17)11-7-3-2-4-8-11/h2-9H,15H2,1H3,(H,16,17). The summed E-state index contributed by atoms with van der Waals surface area (Å²) in [6, 6.07) is 14.6. The highest BCUT2D eigenvalue weighted by Crippen LogP contribution is 2.23. The number of amides is 1. The van der Waals surface area contributed by atoms with E-state index in [4.69, 9.17) is 5.73 Å². The fourth-order valence-electron chi connectivity index (χ4n) is 1.64. The molecule has 17 heavy (non-hydrogen) atoms. The van der Waals surface area contributed by atoms with Crippen LogP contribution in [0.3, 0.4) is 0 Å². The van der Waals surface area contributed by atoms with Crippen molar-refractivity contribution in [2.45, 2.75) is 6.92 Å². The molecule has 3 heteroatoms. The highest BCUT2D eigenvalue weighted by Gasteiger charge is 2.08. The molecule has 0 atom stereocenters. The molecule has 1 amide bonds. The molecular weight excluding hydrogens is 212 g/mol. The SMILES string of the molecule is Cc1cccc(N)c1NC(=O)c1ccccc1. The molecule has 2 aromatic rings. The van der Waals surface area contributed by atoms with Gasteiger partial charge in [-0.2, -0.15) is 0 Å². The smallest absolute Gasteiger partial charge is 0.255 e. The second kappa shape index (κ2) is 4.70. The van der Waals surface area contributed by atoms with E-state index in [1.807, 2.05) is 37.3 Å². The van der Waals surface area contributed by atoms with E-state index in [-0.39, 0.29) is 5.91 Å². The molecule has 0 aromatic heterocycles. The van der Waals surface area contributed by atoms with Crippen molar-refractivity contribution in [3.8, 4) is 0 Å². The summed E-state index contributed by atoms with van der Waals surface area (Å²) in [7, 11) is 0. The molecule has 2 rings (SSSR count). The third kappa shape index (κ3) is 2.45. The number of carbonyl (C=O) groups excluding carboxylic acids is 1. The number of carbonyl (C=O) groups is 1. The maximum absolute atomic E-state index is 12.0. The fourth-order valence-corrected chi connectivity index (χ4v) is 1.64. The maximum Gasteiger partial charge on any atom is 0.255 e. The van der Waals surface area contributed by atoms with Crippen LogP contribution in [0.1, 0.15) is 15.9 Å². The van der Waals surface area contributed by atoms with Gasteiger partial charge in [0.05, 0.1) is 11.4 Å². The summed E-state index contributed by atoms with van der Waals surface area (Å²) in [6.45, 7) is 1.91. The fraction of sp³-hybridized carbons (Fsp3) is 0.0714. The number of benzene rings is 2. The van der Waals surface area contributed by atoms with Gasteiger partial charge in [0, 0.05) is 5.56 Å². The monoisotopic (exact) mass is 226 g/mol. The Hall–Kier alpha value is -2.29. The predicted molar refractivity (Wildman–Crippen MR) is 70.0 cm³/mol. The van der Waals surface area contributed by atoms with E-state index in [2.05, 4.69) is 5.32 Å². The van der Waals surface area contributed by atoms with Gasteiger partial charge in [0.2, 0.25) is 0 Å². The Morgan fingerprint density at radius 3 is 2.41 bits per heavy atom. The number of rotatable bonds is 2. The summed E-state index contributed by atoms with van der Waals surface area (Å²) < 4.78 is 0. The van der Waals surface area contributed by atoms with Crippen LogP contribution in [-0.4, -0.2) is 5.91 Å². The minimum absolute atomic E-state index is 0.147. The van der Waals surface area contributed by atoms with Gasteiger partial charge >= 0.3 is 0 Å². The molecule has 0 heterocycles. The summed E-state index contributed by atoms with van der Waals surface area (Å²) in [5.41, 5.74) is 8.67. The van der Waals surface area contributed by atoms with Gasteiger partial charge in [0.25, 0.3) is 5.91 Å². The van der Waals surface area contributed by atoms with Gasteiger partial charge in [0.1, 0.15) is 0 Å². The molecule has 0 saturated heterocycles. The first kappa shape index (κ1) is 11.2. The lowest BCUT2D eigenvalue weighted by Crippen LogP contribution is -2.13. The lowest BCUT2D eigenvalue weighted by atomic mass is 10.1. The third-order valence-corrected chi connectivity index (χ3v) is 2.58. The van der Waals surface area contributed by atoms with Crippen molar-refractivity contribution >= 4 is 17.3 Å². The highest BCUT2D eigenvalue weighted by molar-refractivity contribution is 6.06. The normalized spacial score (nSPS) is 9.94. The Morgan fingerprint density at radius 1 is 1.06 bits per heavy atom. The first-order valence-electron chi connectivity index (χ1n) is 5.40. The molecule has 86 valence electrons. The van der Waals surface area contributed by atoms with Crippen LogP contribution in [-0.2, 0) is 0 Å². The Morgan fingerprint density at radius 2 is 1.76 bits per heavy atom. The topological polar surface area (TPSA) is 55.1 Å². The molecule has 3 nitrogen and oxygen atoms in total. The molecule has 0 aliphatic heterocycles. The third-order valence-electron chi connectivity index (χ3n) is 2.58. The Bertz CT molecular complexity index is 515. The number of anilines is 2. The van der Waals surface area contributed by atoms with Crippen LogP contribution in [0.2, 0.25) is 0 Å². The lowest BCUT2D eigenvalue weighted by Gasteiger charge is -2.10. The summed E-state index contributed by atoms with van der Waals surface area (Å²) in [6.07, 6.45) is 0. The van der Waals surface area contributed by atoms with E-state index < -0.39 is 0 Å². The zero-order chi connectivity index (χ0) is 12.3. The number of hydrogen-bond donors (Lipinski definition) is 2. The molecule has 0 fully saturated rings. The van der Waals surface area contributed by atoms with Crippen molar-refractivity contribution in [2.24, 2.45) is 0 Å². The van der Waals surface area contributed by atoms with Crippen LogP contribution in [0.5, 0.6) is 0 Å². The van der Waals surface area contributed by atoms with Crippen molar-refractivity contribution in [3.63, 3.8) is 0 Å². The van der Waals surface area contributed by atoms with Gasteiger partial charge in [-0.15, -0.1) is 0 Å². The van der Waals surface area contributed by atoms with Crippen molar-refractivity contribution < 1.29 is 4.79 Å². The Labute approximate surface area is 100 Å². The van der Waals surface area contributed by atoms with Crippen LogP contribution in [0.15, 0.2) is 48.5 Å².